The molecule has 4 aromatic rings. The SMILES string of the molecule is O=Cc1ccc(-n2nc(C3C[CH2][Sn][CH2]C3)cc2NC(=O)c2cnn3cccnc23)nc1. The molecule has 0 saturated carbocycles. The number of hydrogen-bond acceptors (Lipinski definition) is 6. The Labute approximate surface area is 188 Å². The number of fused-ring (bicyclic) bond motifs is 1. The molecule has 1 saturated heterocycles. The van der Waals surface area contributed by atoms with Gasteiger partial charge < -0.3 is 0 Å². The van der Waals surface area contributed by atoms with E-state index in [9.17, 15) is 9.59 Å². The van der Waals surface area contributed by atoms with Crippen LogP contribution in [0.1, 0.15) is 45.2 Å². The van der Waals surface area contributed by atoms with Gasteiger partial charge in [0, 0.05) is 0 Å². The third-order valence-electron chi connectivity index (χ3n) is 5.38. The van der Waals surface area contributed by atoms with Crippen molar-refractivity contribution in [2.75, 3.05) is 5.32 Å². The number of carbonyl (C=O) groups is 2. The molecule has 4 aromatic heterocycles. The van der Waals surface area contributed by atoms with Crippen LogP contribution in [0.2, 0.25) is 8.87 Å². The van der Waals surface area contributed by atoms with Gasteiger partial charge in [-0.15, -0.1) is 0 Å². The van der Waals surface area contributed by atoms with E-state index in [1.807, 2.05) is 6.07 Å². The van der Waals surface area contributed by atoms with Gasteiger partial charge in [0.15, 0.2) is 0 Å². The first-order chi connectivity index (χ1) is 15.2. The average molecular weight is 520 g/mol. The van der Waals surface area contributed by atoms with E-state index in [0.717, 1.165) is 24.8 Å². The molecule has 9 nitrogen and oxygen atoms in total. The number of pyridine rings is 1. The molecular formula is C21H19N7O2Sn. The Bertz CT molecular complexity index is 1240. The van der Waals surface area contributed by atoms with Gasteiger partial charge in [-0.2, -0.15) is 0 Å². The normalized spacial score (nSPS) is 14.6. The first-order valence-electron chi connectivity index (χ1n) is 10.0. The number of nitrogens with one attached hydrogen (secondary N) is 1. The molecule has 0 bridgehead atoms. The molecule has 5 heterocycles. The molecule has 31 heavy (non-hydrogen) atoms. The molecule has 0 aromatic carbocycles. The van der Waals surface area contributed by atoms with E-state index >= 15 is 0 Å². The molecule has 5 rings (SSSR count). The summed E-state index contributed by atoms with van der Waals surface area (Å²) in [4.78, 5) is 32.7. The third-order valence-corrected chi connectivity index (χ3v) is 9.04. The fourth-order valence-electron chi connectivity index (χ4n) is 3.74. The summed E-state index contributed by atoms with van der Waals surface area (Å²) in [6.45, 7) is 0. The molecule has 1 N–H and O–H groups in total. The van der Waals surface area contributed by atoms with Crippen LogP contribution >= 0.6 is 0 Å². The molecule has 2 radical (unpaired) electrons. The summed E-state index contributed by atoms with van der Waals surface area (Å²) in [5.41, 5.74) is 2.31. The standard InChI is InChI=1S/C21H19N7O2.Sn/c1-3-15(4-2)17-10-19(28(26-17)18-7-6-14(13-29)11-23-18)25-21(30)16-12-24-27-9-5-8-22-20(16)27;/h5-13,15H,1-4H2,(H,25,30);. The Hall–Kier alpha value is -3.08. The molecule has 1 amide bonds. The van der Waals surface area contributed by atoms with Crippen molar-refractivity contribution >= 4 is 44.8 Å². The van der Waals surface area contributed by atoms with Crippen molar-refractivity contribution in [2.45, 2.75) is 27.6 Å². The van der Waals surface area contributed by atoms with Crippen molar-refractivity contribution in [1.29, 1.82) is 0 Å². The molecular weight excluding hydrogens is 501 g/mol. The van der Waals surface area contributed by atoms with Gasteiger partial charge in [-0.25, -0.2) is 0 Å². The molecule has 1 fully saturated rings. The van der Waals surface area contributed by atoms with Crippen LogP contribution < -0.4 is 5.32 Å². The van der Waals surface area contributed by atoms with Gasteiger partial charge in [-0.05, 0) is 6.07 Å². The summed E-state index contributed by atoms with van der Waals surface area (Å²) in [5.74, 6) is 1.16. The van der Waals surface area contributed by atoms with Crippen LogP contribution in [0.3, 0.4) is 0 Å². The maximum atomic E-state index is 13.1. The van der Waals surface area contributed by atoms with Gasteiger partial charge in [0.05, 0.1) is 0 Å². The van der Waals surface area contributed by atoms with Crippen molar-refractivity contribution < 1.29 is 9.59 Å². The van der Waals surface area contributed by atoms with E-state index in [1.54, 1.807) is 39.8 Å². The topological polar surface area (TPSA) is 107 Å². The number of rotatable bonds is 5. The van der Waals surface area contributed by atoms with Crippen molar-refractivity contribution in [3.8, 4) is 5.82 Å². The Kier molecular flexibility index (Phi) is 5.49. The number of amides is 1. The average Bonchev–Trinajstić information content (AvgIpc) is 3.44. The molecule has 1 aliphatic heterocycles. The van der Waals surface area contributed by atoms with Crippen LogP contribution in [0, 0.1) is 0 Å². The van der Waals surface area contributed by atoms with Gasteiger partial charge in [0.2, 0.25) is 0 Å². The minimum atomic E-state index is -0.316. The zero-order valence-electron chi connectivity index (χ0n) is 16.6. The van der Waals surface area contributed by atoms with E-state index in [4.69, 9.17) is 5.10 Å². The first kappa shape index (κ1) is 19.9. The summed E-state index contributed by atoms with van der Waals surface area (Å²) in [7, 11) is 0. The van der Waals surface area contributed by atoms with Crippen molar-refractivity contribution in [1.82, 2.24) is 29.4 Å². The van der Waals surface area contributed by atoms with Crippen LogP contribution in [0.25, 0.3) is 11.5 Å². The number of carbonyl (C=O) groups excluding carboxylic acids is 2. The van der Waals surface area contributed by atoms with E-state index in [-0.39, 0.29) is 27.0 Å². The molecule has 0 unspecified atom stereocenters. The summed E-state index contributed by atoms with van der Waals surface area (Å²) in [6, 6.07) is 7.10. The summed E-state index contributed by atoms with van der Waals surface area (Å²) >= 11 is -0.184. The number of hydrogen-bond donors (Lipinski definition) is 1. The molecule has 1 aliphatic rings. The van der Waals surface area contributed by atoms with Crippen molar-refractivity contribution in [3.05, 3.63) is 65.9 Å². The second-order valence-electron chi connectivity index (χ2n) is 7.36. The Balaban J connectivity index is 1.51. The fraction of sp³-hybridized carbons (Fsp3) is 0.238. The van der Waals surface area contributed by atoms with Crippen LogP contribution in [-0.4, -0.2) is 62.7 Å². The van der Waals surface area contributed by atoms with E-state index < -0.39 is 0 Å². The second kappa shape index (κ2) is 8.58. The third kappa shape index (κ3) is 3.97. The predicted octanol–water partition coefficient (Wildman–Crippen LogP) is 2.79. The minimum absolute atomic E-state index is 0.184. The maximum absolute atomic E-state index is 13.1. The number of aromatic nitrogens is 6. The van der Waals surface area contributed by atoms with Gasteiger partial charge in [-0.3, -0.25) is 0 Å². The van der Waals surface area contributed by atoms with Gasteiger partial charge in [-0.1, -0.05) is 0 Å². The van der Waals surface area contributed by atoms with E-state index in [0.29, 0.717) is 34.3 Å². The van der Waals surface area contributed by atoms with Gasteiger partial charge >= 0.3 is 182 Å². The molecule has 0 aliphatic carbocycles. The number of anilines is 1. The Morgan fingerprint density at radius 1 is 1.19 bits per heavy atom. The zero-order valence-corrected chi connectivity index (χ0v) is 19.5. The summed E-state index contributed by atoms with van der Waals surface area (Å²) in [5, 5.41) is 11.9. The molecule has 0 spiro atoms. The predicted molar refractivity (Wildman–Crippen MR) is 115 cm³/mol. The van der Waals surface area contributed by atoms with Crippen LogP contribution in [0.15, 0.2) is 49.1 Å². The van der Waals surface area contributed by atoms with Crippen molar-refractivity contribution in [2.24, 2.45) is 0 Å². The second-order valence-corrected chi connectivity index (χ2v) is 11.6. The van der Waals surface area contributed by atoms with Gasteiger partial charge in [0.1, 0.15) is 0 Å². The molecule has 154 valence electrons. The monoisotopic (exact) mass is 521 g/mol. The van der Waals surface area contributed by atoms with Crippen LogP contribution in [-0.2, 0) is 0 Å². The number of nitrogens with zero attached hydrogens (tertiary/aromatic N) is 6. The van der Waals surface area contributed by atoms with Gasteiger partial charge in [0.25, 0.3) is 0 Å². The quantitative estimate of drug-likeness (QED) is 0.321. The van der Waals surface area contributed by atoms with E-state index in [2.05, 4.69) is 20.4 Å². The Morgan fingerprint density at radius 3 is 2.84 bits per heavy atom. The fourth-order valence-corrected chi connectivity index (χ4v) is 7.61. The molecule has 10 heteroatoms. The van der Waals surface area contributed by atoms with E-state index in [1.165, 1.54) is 21.3 Å². The number of aldehydes is 1. The summed E-state index contributed by atoms with van der Waals surface area (Å²) in [6.07, 6.45) is 9.44. The zero-order chi connectivity index (χ0) is 21.2. The summed E-state index contributed by atoms with van der Waals surface area (Å²) < 4.78 is 5.89. The van der Waals surface area contributed by atoms with Crippen LogP contribution in [0.4, 0.5) is 5.82 Å². The van der Waals surface area contributed by atoms with Crippen molar-refractivity contribution in [3.63, 3.8) is 0 Å². The van der Waals surface area contributed by atoms with Crippen LogP contribution in [0.5, 0.6) is 0 Å². The first-order valence-corrected chi connectivity index (χ1v) is 14.1. The molecule has 0 atom stereocenters. The Morgan fingerprint density at radius 2 is 2.06 bits per heavy atom.